The monoisotopic (exact) mass is 503 g/mol. The Morgan fingerprint density at radius 2 is 1.72 bits per heavy atom. The van der Waals surface area contributed by atoms with Crippen molar-refractivity contribution < 1.29 is 44.7 Å². The highest BCUT2D eigenvalue weighted by Crippen LogP contribution is 2.68. The number of amides is 1. The van der Waals surface area contributed by atoms with Gasteiger partial charge in [0.15, 0.2) is 17.2 Å². The average Bonchev–Trinajstić information content (AvgIpc) is 2.79. The van der Waals surface area contributed by atoms with Gasteiger partial charge >= 0.3 is 0 Å². The molecule has 3 aliphatic carbocycles. The summed E-state index contributed by atoms with van der Waals surface area (Å²) < 4.78 is 0. The zero-order valence-corrected chi connectivity index (χ0v) is 20.8. The van der Waals surface area contributed by atoms with Crippen molar-refractivity contribution in [3.8, 4) is 5.75 Å². The van der Waals surface area contributed by atoms with Crippen LogP contribution in [-0.4, -0.2) is 73.2 Å². The van der Waals surface area contributed by atoms with Crippen LogP contribution in [0.2, 0.25) is 0 Å². The molecule has 0 bridgehead atoms. The summed E-state index contributed by atoms with van der Waals surface area (Å²) in [7, 11) is 0. The predicted octanol–water partition coefficient (Wildman–Crippen LogP) is -0.0829. The van der Waals surface area contributed by atoms with Crippen molar-refractivity contribution in [2.24, 2.45) is 40.2 Å². The molecule has 1 aromatic carbocycles. The van der Waals surface area contributed by atoms with Crippen molar-refractivity contribution >= 4 is 23.8 Å². The molecule has 2 fully saturated rings. The molecule has 0 aromatic heterocycles. The second-order valence-corrected chi connectivity index (χ2v) is 11.4. The Balaban J connectivity index is 2.08. The summed E-state index contributed by atoms with van der Waals surface area (Å²) >= 11 is 0. The molecule has 0 radical (unpaired) electrons. The standard InChI is InChI=1S/C26H33NO9/c1-9(2)16-19(31)15(22(27)34)20(32)26(36)21(33)17-18(30)14-12(29)7-6-11(8-28)13(14)10(3)24(17,4)23(35)25(16,26)5/h6-10,15-17,19,21,23,29,31,33,35-36H,1-5H3,(H2,27,34)/t10-,15-,16+,17-,19?,21?,23-,24+,25+,26+/m1/s1. The summed E-state index contributed by atoms with van der Waals surface area (Å²) in [6.07, 6.45) is -4.95. The first-order valence-electron chi connectivity index (χ1n) is 12.0. The number of aromatic hydroxyl groups is 1. The number of hydrogen-bond donors (Lipinski definition) is 6. The topological polar surface area (TPSA) is 195 Å². The molecule has 2 unspecified atom stereocenters. The van der Waals surface area contributed by atoms with Gasteiger partial charge < -0.3 is 31.3 Å². The van der Waals surface area contributed by atoms with E-state index in [4.69, 9.17) is 5.73 Å². The summed E-state index contributed by atoms with van der Waals surface area (Å²) in [6.45, 7) is 7.87. The first kappa shape index (κ1) is 26.4. The molecule has 2 saturated carbocycles. The lowest BCUT2D eigenvalue weighted by molar-refractivity contribution is -0.306. The molecule has 7 N–H and O–H groups in total. The number of aliphatic hydroxyl groups excluding tert-OH is 3. The zero-order chi connectivity index (χ0) is 27.3. The molecular weight excluding hydrogens is 470 g/mol. The van der Waals surface area contributed by atoms with Crippen LogP contribution in [-0.2, 0) is 9.59 Å². The van der Waals surface area contributed by atoms with E-state index in [0.29, 0.717) is 6.29 Å². The van der Waals surface area contributed by atoms with E-state index in [1.165, 1.54) is 26.0 Å². The number of Topliss-reactive ketones (excluding diaryl/α,β-unsaturated/α-hetero) is 2. The maximum Gasteiger partial charge on any atom is 0.230 e. The molecule has 3 aliphatic rings. The average molecular weight is 504 g/mol. The number of ketones is 2. The number of fused-ring (bicyclic) bond motifs is 3. The number of phenolic OH excluding ortho intramolecular Hbond substituents is 1. The van der Waals surface area contributed by atoms with Crippen LogP contribution < -0.4 is 5.73 Å². The number of aliphatic hydroxyl groups is 4. The van der Waals surface area contributed by atoms with Crippen LogP contribution in [0.1, 0.15) is 66.8 Å². The van der Waals surface area contributed by atoms with E-state index in [-0.39, 0.29) is 16.7 Å². The number of rotatable bonds is 3. The maximum absolute atomic E-state index is 13.9. The van der Waals surface area contributed by atoms with E-state index in [2.05, 4.69) is 0 Å². The molecule has 10 nitrogen and oxygen atoms in total. The molecule has 0 aliphatic heterocycles. The molecule has 0 saturated heterocycles. The molecule has 0 heterocycles. The molecule has 1 amide bonds. The summed E-state index contributed by atoms with van der Waals surface area (Å²) in [5.41, 5.74) is -0.824. The molecule has 36 heavy (non-hydrogen) atoms. The van der Waals surface area contributed by atoms with Crippen molar-refractivity contribution in [3.05, 3.63) is 28.8 Å². The van der Waals surface area contributed by atoms with E-state index >= 15 is 0 Å². The minimum absolute atomic E-state index is 0.116. The molecule has 10 heteroatoms. The van der Waals surface area contributed by atoms with Gasteiger partial charge in [-0.2, -0.15) is 0 Å². The fourth-order valence-electron chi connectivity index (χ4n) is 7.96. The highest BCUT2D eigenvalue weighted by molar-refractivity contribution is 6.10. The maximum atomic E-state index is 13.9. The van der Waals surface area contributed by atoms with Gasteiger partial charge in [-0.25, -0.2) is 0 Å². The van der Waals surface area contributed by atoms with Crippen LogP contribution in [0.5, 0.6) is 5.75 Å². The third-order valence-electron chi connectivity index (χ3n) is 9.76. The van der Waals surface area contributed by atoms with E-state index < -0.39 is 87.6 Å². The smallest absolute Gasteiger partial charge is 0.230 e. The lowest BCUT2D eigenvalue weighted by Gasteiger charge is -2.69. The number of benzene rings is 1. The summed E-state index contributed by atoms with van der Waals surface area (Å²) in [4.78, 5) is 51.6. The van der Waals surface area contributed by atoms with Crippen molar-refractivity contribution in [3.63, 3.8) is 0 Å². The van der Waals surface area contributed by atoms with E-state index in [1.807, 2.05) is 0 Å². The van der Waals surface area contributed by atoms with Gasteiger partial charge in [-0.1, -0.05) is 34.6 Å². The Morgan fingerprint density at radius 1 is 1.14 bits per heavy atom. The van der Waals surface area contributed by atoms with E-state index in [0.717, 1.165) is 0 Å². The number of carbonyl (C=O) groups excluding carboxylic acids is 4. The quantitative estimate of drug-likeness (QED) is 0.241. The van der Waals surface area contributed by atoms with Crippen molar-refractivity contribution in [2.45, 2.75) is 64.4 Å². The van der Waals surface area contributed by atoms with Crippen LogP contribution in [0.3, 0.4) is 0 Å². The Morgan fingerprint density at radius 3 is 2.22 bits per heavy atom. The third-order valence-corrected chi connectivity index (χ3v) is 9.76. The predicted molar refractivity (Wildman–Crippen MR) is 125 cm³/mol. The van der Waals surface area contributed by atoms with E-state index in [9.17, 15) is 44.7 Å². The number of phenols is 1. The molecular formula is C26H33NO9. The molecule has 4 rings (SSSR count). The zero-order valence-electron chi connectivity index (χ0n) is 20.8. The highest BCUT2D eigenvalue weighted by Gasteiger charge is 2.80. The second-order valence-electron chi connectivity index (χ2n) is 11.4. The molecule has 1 aromatic rings. The van der Waals surface area contributed by atoms with E-state index in [1.54, 1.807) is 20.8 Å². The molecule has 10 atom stereocenters. The van der Waals surface area contributed by atoms with Crippen LogP contribution in [0.15, 0.2) is 12.1 Å². The van der Waals surface area contributed by atoms with Gasteiger partial charge in [-0.05, 0) is 35.4 Å². The fourth-order valence-corrected chi connectivity index (χ4v) is 7.96. The summed E-state index contributed by atoms with van der Waals surface area (Å²) in [6, 6.07) is 2.51. The molecule has 0 spiro atoms. The SMILES string of the molecule is CC(C)[C@H]1C(O)[C@@H](C(N)=O)C(=O)[C@]2(O)C(O)[C@H]3C(=O)c4c(O)ccc(C=O)c4[C@@H](C)[C@]3(C)[C@@H](O)[C@]12C. The van der Waals surface area contributed by atoms with Gasteiger partial charge in [0.25, 0.3) is 0 Å². The Kier molecular flexibility index (Phi) is 5.81. The van der Waals surface area contributed by atoms with Crippen LogP contribution >= 0.6 is 0 Å². The van der Waals surface area contributed by atoms with Crippen molar-refractivity contribution in [1.29, 1.82) is 0 Å². The van der Waals surface area contributed by atoms with Gasteiger partial charge in [0, 0.05) is 16.4 Å². The van der Waals surface area contributed by atoms with Crippen LogP contribution in [0.4, 0.5) is 0 Å². The minimum Gasteiger partial charge on any atom is -0.507 e. The largest absolute Gasteiger partial charge is 0.507 e. The highest BCUT2D eigenvalue weighted by atomic mass is 16.4. The van der Waals surface area contributed by atoms with Gasteiger partial charge in [-0.15, -0.1) is 0 Å². The lowest BCUT2D eigenvalue weighted by Crippen LogP contribution is -2.83. The van der Waals surface area contributed by atoms with Crippen LogP contribution in [0.25, 0.3) is 0 Å². The first-order valence-corrected chi connectivity index (χ1v) is 12.0. The number of hydrogen-bond acceptors (Lipinski definition) is 9. The summed E-state index contributed by atoms with van der Waals surface area (Å²) in [5.74, 6) is -9.67. The second kappa shape index (κ2) is 7.92. The third kappa shape index (κ3) is 2.70. The van der Waals surface area contributed by atoms with Gasteiger partial charge in [0.2, 0.25) is 5.91 Å². The number of primary amides is 1. The Labute approximate surface area is 208 Å². The number of carbonyl (C=O) groups is 4. The van der Waals surface area contributed by atoms with Gasteiger partial charge in [-0.3, -0.25) is 19.2 Å². The fraction of sp³-hybridized carbons (Fsp3) is 0.615. The number of aldehydes is 1. The minimum atomic E-state index is -2.84. The van der Waals surface area contributed by atoms with Crippen molar-refractivity contribution in [2.75, 3.05) is 0 Å². The Bertz CT molecular complexity index is 1180. The first-order chi connectivity index (χ1) is 16.6. The van der Waals surface area contributed by atoms with Crippen molar-refractivity contribution in [1.82, 2.24) is 0 Å². The normalized spacial score (nSPS) is 44.0. The number of nitrogens with two attached hydrogens (primary N) is 1. The van der Waals surface area contributed by atoms with Gasteiger partial charge in [0.05, 0.1) is 23.7 Å². The Hall–Kier alpha value is -2.66. The molecule has 196 valence electrons. The van der Waals surface area contributed by atoms with Gasteiger partial charge in [0.1, 0.15) is 24.1 Å². The van der Waals surface area contributed by atoms with Crippen LogP contribution in [0, 0.1) is 34.5 Å². The lowest BCUT2D eigenvalue weighted by atomic mass is 9.36. The summed E-state index contributed by atoms with van der Waals surface area (Å²) in [5, 5.41) is 57.5.